The van der Waals surface area contributed by atoms with Crippen LogP contribution in [0.1, 0.15) is 34.1 Å². The monoisotopic (exact) mass is 410 g/mol. The van der Waals surface area contributed by atoms with Crippen LogP contribution in [0, 0.1) is 0 Å². The largest absolute Gasteiger partial charge is 0.500 e. The zero-order valence-electron chi connectivity index (χ0n) is 17.5. The Balaban J connectivity index is 4.27. The summed E-state index contributed by atoms with van der Waals surface area (Å²) in [5.41, 5.74) is 5.47. The molecule has 0 aromatic rings. The van der Waals surface area contributed by atoms with Crippen molar-refractivity contribution < 1.29 is 32.3 Å². The van der Waals surface area contributed by atoms with E-state index in [2.05, 4.69) is 0 Å². The zero-order valence-corrected chi connectivity index (χ0v) is 18.5. The van der Waals surface area contributed by atoms with Gasteiger partial charge in [0, 0.05) is 46.1 Å². The first-order valence-corrected chi connectivity index (χ1v) is 11.6. The summed E-state index contributed by atoms with van der Waals surface area (Å²) < 4.78 is 33.2. The summed E-state index contributed by atoms with van der Waals surface area (Å²) in [5.74, 6) is 0. The number of nitrogens with two attached hydrogens (primary N) is 1. The molecule has 0 aliphatic carbocycles. The number of rotatable bonds is 18. The lowest BCUT2D eigenvalue weighted by molar-refractivity contribution is -0.121. The standard InChI is InChI=1S/C17H38N2O7Si/c1-6-24-27(25-7-2,26-8-3)15-9-10-19(17(18)20)11-12-22-13-14-23-16(4)21-5/h16H,6-15H2,1-5H3,(H2,18,20). The summed E-state index contributed by atoms with van der Waals surface area (Å²) >= 11 is 0. The van der Waals surface area contributed by atoms with Crippen molar-refractivity contribution in [3.05, 3.63) is 0 Å². The minimum atomic E-state index is -2.70. The number of ether oxygens (including phenoxy) is 3. The Morgan fingerprint density at radius 2 is 1.59 bits per heavy atom. The highest BCUT2D eigenvalue weighted by molar-refractivity contribution is 6.60. The molecule has 0 aromatic carbocycles. The number of urea groups is 1. The molecule has 0 aliphatic heterocycles. The lowest BCUT2D eigenvalue weighted by Crippen LogP contribution is -2.47. The Hall–Kier alpha value is -0.753. The number of hydrogen-bond acceptors (Lipinski definition) is 7. The second-order valence-electron chi connectivity index (χ2n) is 5.70. The zero-order chi connectivity index (χ0) is 20.5. The quantitative estimate of drug-likeness (QED) is 0.209. The van der Waals surface area contributed by atoms with Crippen LogP contribution in [-0.2, 0) is 27.5 Å². The highest BCUT2D eigenvalue weighted by Crippen LogP contribution is 2.18. The number of amides is 2. The maximum absolute atomic E-state index is 11.6. The van der Waals surface area contributed by atoms with Gasteiger partial charge in [0.05, 0.1) is 19.8 Å². The van der Waals surface area contributed by atoms with Gasteiger partial charge >= 0.3 is 14.8 Å². The van der Waals surface area contributed by atoms with Gasteiger partial charge in [-0.2, -0.15) is 0 Å². The third-order valence-electron chi connectivity index (χ3n) is 3.73. The molecule has 10 heteroatoms. The van der Waals surface area contributed by atoms with Gasteiger partial charge in [-0.3, -0.25) is 0 Å². The van der Waals surface area contributed by atoms with E-state index in [0.29, 0.717) is 65.2 Å². The summed E-state index contributed by atoms with van der Waals surface area (Å²) in [5, 5.41) is 0. The van der Waals surface area contributed by atoms with Crippen LogP contribution in [0.2, 0.25) is 6.04 Å². The van der Waals surface area contributed by atoms with Crippen molar-refractivity contribution in [2.45, 2.75) is 46.4 Å². The molecule has 0 heterocycles. The van der Waals surface area contributed by atoms with Crippen molar-refractivity contribution in [3.63, 3.8) is 0 Å². The number of hydrogen-bond donors (Lipinski definition) is 1. The number of carbonyl (C=O) groups is 1. The van der Waals surface area contributed by atoms with Crippen LogP contribution in [0.5, 0.6) is 0 Å². The van der Waals surface area contributed by atoms with Crippen LogP contribution in [0.4, 0.5) is 4.79 Å². The minimum absolute atomic E-state index is 0.263. The summed E-state index contributed by atoms with van der Waals surface area (Å²) in [6.45, 7) is 11.3. The molecule has 162 valence electrons. The van der Waals surface area contributed by atoms with Gasteiger partial charge in [-0.15, -0.1) is 0 Å². The summed E-state index contributed by atoms with van der Waals surface area (Å²) in [6, 6.07) is 0.162. The normalized spacial score (nSPS) is 12.9. The van der Waals surface area contributed by atoms with Gasteiger partial charge < -0.3 is 38.1 Å². The third-order valence-corrected chi connectivity index (χ3v) is 6.88. The van der Waals surface area contributed by atoms with Crippen LogP contribution in [-0.4, -0.2) is 85.9 Å². The highest BCUT2D eigenvalue weighted by atomic mass is 28.4. The van der Waals surface area contributed by atoms with Crippen molar-refractivity contribution in [2.75, 3.05) is 59.8 Å². The second-order valence-corrected chi connectivity index (χ2v) is 8.43. The van der Waals surface area contributed by atoms with Crippen molar-refractivity contribution in [2.24, 2.45) is 5.73 Å². The fourth-order valence-corrected chi connectivity index (χ4v) is 5.03. The maximum Gasteiger partial charge on any atom is 0.500 e. The molecule has 27 heavy (non-hydrogen) atoms. The first kappa shape index (κ1) is 26.2. The summed E-state index contributed by atoms with van der Waals surface area (Å²) in [6.07, 6.45) is 0.421. The molecule has 2 amide bonds. The predicted molar refractivity (Wildman–Crippen MR) is 104 cm³/mol. The Labute approximate surface area is 164 Å². The number of carbonyl (C=O) groups excluding carboxylic acids is 1. The van der Waals surface area contributed by atoms with E-state index in [1.807, 2.05) is 27.7 Å². The van der Waals surface area contributed by atoms with E-state index in [0.717, 1.165) is 0 Å². The molecule has 0 rings (SSSR count). The van der Waals surface area contributed by atoms with E-state index in [4.69, 9.17) is 33.2 Å². The summed E-state index contributed by atoms with van der Waals surface area (Å²) in [4.78, 5) is 13.2. The molecule has 0 bridgehead atoms. The molecule has 0 fully saturated rings. The van der Waals surface area contributed by atoms with Gasteiger partial charge in [0.25, 0.3) is 0 Å². The van der Waals surface area contributed by atoms with Gasteiger partial charge in [-0.05, 0) is 34.1 Å². The van der Waals surface area contributed by atoms with Crippen molar-refractivity contribution >= 4 is 14.8 Å². The van der Waals surface area contributed by atoms with Crippen molar-refractivity contribution in [3.8, 4) is 0 Å². The lowest BCUT2D eigenvalue weighted by atomic mass is 10.4. The van der Waals surface area contributed by atoms with E-state index in [1.165, 1.54) is 0 Å². The van der Waals surface area contributed by atoms with Crippen LogP contribution in [0.3, 0.4) is 0 Å². The SMILES string of the molecule is CCO[Si](CCCN(CCOCCOC(C)OC)C(N)=O)(OCC)OCC. The fraction of sp³-hybridized carbons (Fsp3) is 0.941. The predicted octanol–water partition coefficient (Wildman–Crippen LogP) is 1.83. The molecule has 0 spiro atoms. The van der Waals surface area contributed by atoms with Crippen molar-refractivity contribution in [1.29, 1.82) is 0 Å². The topological polar surface area (TPSA) is 102 Å². The van der Waals surface area contributed by atoms with Crippen LogP contribution < -0.4 is 5.73 Å². The maximum atomic E-state index is 11.6. The Kier molecular flexibility index (Phi) is 15.8. The first-order valence-electron chi connectivity index (χ1n) is 9.63. The smallest absolute Gasteiger partial charge is 0.377 e. The Bertz CT molecular complexity index is 360. The first-order chi connectivity index (χ1) is 12.9. The minimum Gasteiger partial charge on any atom is -0.377 e. The van der Waals surface area contributed by atoms with Crippen LogP contribution in [0.25, 0.3) is 0 Å². The molecule has 1 unspecified atom stereocenters. The molecular formula is C17H38N2O7Si. The van der Waals surface area contributed by atoms with E-state index in [-0.39, 0.29) is 6.29 Å². The number of primary amides is 1. The van der Waals surface area contributed by atoms with Gasteiger partial charge in [-0.25, -0.2) is 4.79 Å². The van der Waals surface area contributed by atoms with E-state index < -0.39 is 14.8 Å². The molecule has 0 aromatic heterocycles. The average molecular weight is 411 g/mol. The van der Waals surface area contributed by atoms with Crippen molar-refractivity contribution in [1.82, 2.24) is 4.90 Å². The second kappa shape index (κ2) is 16.2. The van der Waals surface area contributed by atoms with Crippen LogP contribution >= 0.6 is 0 Å². The van der Waals surface area contributed by atoms with E-state index >= 15 is 0 Å². The lowest BCUT2D eigenvalue weighted by Gasteiger charge is -2.29. The molecule has 0 radical (unpaired) electrons. The van der Waals surface area contributed by atoms with E-state index in [1.54, 1.807) is 12.0 Å². The Morgan fingerprint density at radius 3 is 2.07 bits per heavy atom. The highest BCUT2D eigenvalue weighted by Gasteiger charge is 2.39. The third kappa shape index (κ3) is 12.3. The number of nitrogens with zero attached hydrogens (tertiary/aromatic N) is 1. The molecule has 0 saturated heterocycles. The molecule has 0 aliphatic rings. The van der Waals surface area contributed by atoms with E-state index in [9.17, 15) is 4.79 Å². The van der Waals surface area contributed by atoms with Gasteiger partial charge in [-0.1, -0.05) is 0 Å². The molecule has 9 nitrogen and oxygen atoms in total. The molecule has 0 saturated carbocycles. The average Bonchev–Trinajstić information content (AvgIpc) is 2.63. The van der Waals surface area contributed by atoms with Crippen LogP contribution in [0.15, 0.2) is 0 Å². The van der Waals surface area contributed by atoms with Gasteiger partial charge in [0.1, 0.15) is 0 Å². The summed E-state index contributed by atoms with van der Waals surface area (Å²) in [7, 11) is -1.12. The van der Waals surface area contributed by atoms with Gasteiger partial charge in [0.2, 0.25) is 0 Å². The molecular weight excluding hydrogens is 372 g/mol. The Morgan fingerprint density at radius 1 is 1.00 bits per heavy atom. The number of methoxy groups -OCH3 is 1. The molecule has 2 N–H and O–H groups in total. The van der Waals surface area contributed by atoms with Gasteiger partial charge in [0.15, 0.2) is 6.29 Å². The molecule has 1 atom stereocenters. The fourth-order valence-electron chi connectivity index (χ4n) is 2.44.